The largest absolute Gasteiger partial charge is 0.393 e. The van der Waals surface area contributed by atoms with Crippen LogP contribution in [0.1, 0.15) is 113 Å². The molecular formula is C30H52O. The molecule has 4 aliphatic rings. The average Bonchev–Trinajstić information content (AvgIpc) is 3.08. The van der Waals surface area contributed by atoms with Gasteiger partial charge in [-0.1, -0.05) is 60.1 Å². The van der Waals surface area contributed by atoms with Gasteiger partial charge in [0.1, 0.15) is 0 Å². The van der Waals surface area contributed by atoms with Crippen LogP contribution in [0.3, 0.4) is 0 Å². The molecule has 0 bridgehead atoms. The summed E-state index contributed by atoms with van der Waals surface area (Å²) in [5, 5.41) is 10.6. The summed E-state index contributed by atoms with van der Waals surface area (Å²) in [6, 6.07) is 0. The van der Waals surface area contributed by atoms with E-state index in [2.05, 4.69) is 54.5 Å². The molecule has 1 N–H and O–H groups in total. The first-order valence-corrected chi connectivity index (χ1v) is 14.0. The predicted octanol–water partition coefficient (Wildman–Crippen LogP) is 8.27. The number of allylic oxidation sites excluding steroid dienone is 2. The number of aliphatic hydroxyl groups is 1. The van der Waals surface area contributed by atoms with Crippen molar-refractivity contribution in [1.82, 2.24) is 0 Å². The minimum Gasteiger partial charge on any atom is -0.393 e. The molecule has 0 aliphatic heterocycles. The molecule has 0 radical (unpaired) electrons. The Morgan fingerprint density at radius 2 is 1.55 bits per heavy atom. The first kappa shape index (κ1) is 23.8. The van der Waals surface area contributed by atoms with Crippen LogP contribution in [-0.4, -0.2) is 11.2 Å². The highest BCUT2D eigenvalue weighted by Crippen LogP contribution is 2.68. The molecule has 31 heavy (non-hydrogen) atoms. The van der Waals surface area contributed by atoms with Gasteiger partial charge in [0.2, 0.25) is 0 Å². The molecule has 0 spiro atoms. The van der Waals surface area contributed by atoms with E-state index in [9.17, 15) is 5.11 Å². The van der Waals surface area contributed by atoms with Gasteiger partial charge in [-0.3, -0.25) is 0 Å². The fourth-order valence-corrected chi connectivity index (χ4v) is 9.97. The quantitative estimate of drug-likeness (QED) is 0.437. The second-order valence-corrected chi connectivity index (χ2v) is 13.3. The van der Waals surface area contributed by atoms with Crippen molar-refractivity contribution in [3.8, 4) is 0 Å². The van der Waals surface area contributed by atoms with Gasteiger partial charge >= 0.3 is 0 Å². The van der Waals surface area contributed by atoms with Gasteiger partial charge in [-0.2, -0.15) is 0 Å². The maximum Gasteiger partial charge on any atom is 0.0568 e. The van der Waals surface area contributed by atoms with Gasteiger partial charge in [0.15, 0.2) is 0 Å². The molecule has 0 saturated heterocycles. The van der Waals surface area contributed by atoms with Crippen LogP contribution in [0.2, 0.25) is 0 Å². The van der Waals surface area contributed by atoms with Crippen LogP contribution in [0.15, 0.2) is 11.6 Å². The van der Waals surface area contributed by atoms with Gasteiger partial charge in [0, 0.05) is 0 Å². The van der Waals surface area contributed by atoms with Crippen molar-refractivity contribution in [2.75, 3.05) is 0 Å². The van der Waals surface area contributed by atoms with Gasteiger partial charge in [-0.15, -0.1) is 0 Å². The summed E-state index contributed by atoms with van der Waals surface area (Å²) in [6.07, 6.45) is 16.1. The van der Waals surface area contributed by atoms with Crippen LogP contribution in [-0.2, 0) is 0 Å². The maximum absolute atomic E-state index is 10.6. The Hall–Kier alpha value is -0.300. The first-order chi connectivity index (χ1) is 14.6. The van der Waals surface area contributed by atoms with Gasteiger partial charge < -0.3 is 5.11 Å². The molecule has 4 saturated carbocycles. The number of hydrogen-bond acceptors (Lipinski definition) is 1. The SMILES string of the molecule is CC/C(=C/C[C@@H](C)[C@H]1CC[C@H]2[C@@H]3CC[C@H]4[C@H](C)[C@@H](O)CC[C@]4(C)[C@H]3CC[C@]12C)C(C)C. The van der Waals surface area contributed by atoms with E-state index in [-0.39, 0.29) is 6.10 Å². The van der Waals surface area contributed by atoms with Crippen molar-refractivity contribution in [2.45, 2.75) is 119 Å². The van der Waals surface area contributed by atoms with E-state index in [1.165, 1.54) is 57.8 Å². The fraction of sp³-hybridized carbons (Fsp3) is 0.933. The minimum absolute atomic E-state index is 0.0490. The zero-order chi connectivity index (χ0) is 22.6. The van der Waals surface area contributed by atoms with Crippen LogP contribution in [0.4, 0.5) is 0 Å². The Balaban J connectivity index is 1.50. The summed E-state index contributed by atoms with van der Waals surface area (Å²) in [4.78, 5) is 0. The fourth-order valence-electron chi connectivity index (χ4n) is 9.97. The zero-order valence-corrected chi connectivity index (χ0v) is 21.8. The van der Waals surface area contributed by atoms with Crippen molar-refractivity contribution in [2.24, 2.45) is 58.2 Å². The van der Waals surface area contributed by atoms with E-state index in [1.54, 1.807) is 5.57 Å². The third-order valence-electron chi connectivity index (χ3n) is 11.8. The Morgan fingerprint density at radius 3 is 2.23 bits per heavy atom. The molecular weight excluding hydrogens is 376 g/mol. The molecule has 4 fully saturated rings. The van der Waals surface area contributed by atoms with E-state index in [0.29, 0.717) is 22.7 Å². The van der Waals surface area contributed by atoms with Crippen molar-refractivity contribution < 1.29 is 5.11 Å². The second kappa shape index (κ2) is 8.81. The Bertz CT molecular complexity index is 663. The monoisotopic (exact) mass is 428 g/mol. The lowest BCUT2D eigenvalue weighted by Crippen LogP contribution is -2.56. The normalized spacial score (nSPS) is 48.8. The Kier molecular flexibility index (Phi) is 6.78. The molecule has 0 aromatic rings. The molecule has 1 heteroatoms. The lowest BCUT2D eigenvalue weighted by molar-refractivity contribution is -0.149. The predicted molar refractivity (Wildman–Crippen MR) is 133 cm³/mol. The molecule has 1 nitrogen and oxygen atoms in total. The third-order valence-corrected chi connectivity index (χ3v) is 11.8. The maximum atomic E-state index is 10.6. The lowest BCUT2D eigenvalue weighted by atomic mass is 9.43. The van der Waals surface area contributed by atoms with Gasteiger partial charge in [0.05, 0.1) is 6.10 Å². The highest BCUT2D eigenvalue weighted by Gasteiger charge is 2.61. The van der Waals surface area contributed by atoms with Crippen molar-refractivity contribution in [1.29, 1.82) is 0 Å². The summed E-state index contributed by atoms with van der Waals surface area (Å²) in [7, 11) is 0. The van der Waals surface area contributed by atoms with Crippen LogP contribution in [0, 0.1) is 58.2 Å². The highest BCUT2D eigenvalue weighted by molar-refractivity contribution is 5.11. The molecule has 0 amide bonds. The highest BCUT2D eigenvalue weighted by atomic mass is 16.3. The lowest BCUT2D eigenvalue weighted by Gasteiger charge is -2.62. The molecule has 0 heterocycles. The van der Waals surface area contributed by atoms with Crippen LogP contribution < -0.4 is 0 Å². The number of aliphatic hydroxyl groups excluding tert-OH is 1. The van der Waals surface area contributed by atoms with Crippen molar-refractivity contribution >= 4 is 0 Å². The number of rotatable bonds is 5. The third kappa shape index (κ3) is 3.87. The Labute approximate surface area is 193 Å². The second-order valence-electron chi connectivity index (χ2n) is 13.3. The van der Waals surface area contributed by atoms with Crippen LogP contribution in [0.5, 0.6) is 0 Å². The van der Waals surface area contributed by atoms with Crippen LogP contribution in [0.25, 0.3) is 0 Å². The standard InChI is InChI=1S/C30H52O/c1-8-22(19(2)3)10-9-20(4)24-13-14-26-23-11-12-25-21(5)28(31)16-18-30(25,7)27(23)15-17-29(24,26)6/h10,19-21,23-28,31H,8-9,11-18H2,1-7H3/b22-10-/t20-,21+,23+,24-,25+,26+,27+,28+,29-,30+/m1/s1. The Morgan fingerprint density at radius 1 is 0.903 bits per heavy atom. The van der Waals surface area contributed by atoms with E-state index in [0.717, 1.165) is 41.9 Å². The van der Waals surface area contributed by atoms with Gasteiger partial charge in [-0.05, 0) is 122 Å². The molecule has 0 aromatic carbocycles. The summed E-state index contributed by atoms with van der Waals surface area (Å²) in [6.45, 7) is 17.3. The zero-order valence-electron chi connectivity index (χ0n) is 21.8. The van der Waals surface area contributed by atoms with Crippen molar-refractivity contribution in [3.63, 3.8) is 0 Å². The van der Waals surface area contributed by atoms with Gasteiger partial charge in [0.25, 0.3) is 0 Å². The van der Waals surface area contributed by atoms with Crippen LogP contribution >= 0.6 is 0 Å². The van der Waals surface area contributed by atoms with E-state index >= 15 is 0 Å². The number of fused-ring (bicyclic) bond motifs is 5. The summed E-state index contributed by atoms with van der Waals surface area (Å²) in [5.74, 6) is 6.53. The minimum atomic E-state index is -0.0490. The topological polar surface area (TPSA) is 20.2 Å². The molecule has 4 rings (SSSR count). The summed E-state index contributed by atoms with van der Waals surface area (Å²) >= 11 is 0. The van der Waals surface area contributed by atoms with E-state index in [4.69, 9.17) is 0 Å². The summed E-state index contributed by atoms with van der Waals surface area (Å²) < 4.78 is 0. The molecule has 4 aliphatic carbocycles. The molecule has 0 unspecified atom stereocenters. The number of hydrogen-bond donors (Lipinski definition) is 1. The van der Waals surface area contributed by atoms with Gasteiger partial charge in [-0.25, -0.2) is 0 Å². The molecule has 178 valence electrons. The smallest absolute Gasteiger partial charge is 0.0568 e. The molecule has 10 atom stereocenters. The average molecular weight is 429 g/mol. The first-order valence-electron chi connectivity index (χ1n) is 14.0. The van der Waals surface area contributed by atoms with E-state index in [1.807, 2.05) is 0 Å². The van der Waals surface area contributed by atoms with Crippen molar-refractivity contribution in [3.05, 3.63) is 11.6 Å². The molecule has 0 aromatic heterocycles. The summed E-state index contributed by atoms with van der Waals surface area (Å²) in [5.41, 5.74) is 2.72. The van der Waals surface area contributed by atoms with E-state index < -0.39 is 0 Å².